The van der Waals surface area contributed by atoms with E-state index >= 15 is 0 Å². The van der Waals surface area contributed by atoms with E-state index in [1.807, 2.05) is 11.8 Å². The zero-order valence-electron chi connectivity index (χ0n) is 16.6. The van der Waals surface area contributed by atoms with Crippen LogP contribution < -0.4 is 19.7 Å². The fourth-order valence-corrected chi connectivity index (χ4v) is 3.60. The molecule has 8 nitrogen and oxygen atoms in total. The SMILES string of the molecule is C=C1NCC(F)(F)COc2ncc(F)cc2CN2c3nc4c1cnn4cc3OC[C@H]2C. The first-order valence-corrected chi connectivity index (χ1v) is 9.67. The van der Waals surface area contributed by atoms with Crippen molar-refractivity contribution in [2.75, 3.05) is 24.7 Å². The minimum absolute atomic E-state index is 0.0525. The Bertz CT molecular complexity index is 1180. The monoisotopic (exact) mass is 432 g/mol. The standard InChI is InChI=1S/C20H19F3N6O2/c1-11-8-30-16-7-29-17-15(5-26-29)12(2)25-9-20(22,23)10-31-19-13(3-14(21)4-24-19)6-28(11)18(16)27-17/h3-5,7,11,25H,2,6,8-10H2,1H3/t11-/m1/s1. The molecule has 5 heterocycles. The van der Waals surface area contributed by atoms with E-state index in [0.29, 0.717) is 34.9 Å². The summed E-state index contributed by atoms with van der Waals surface area (Å²) in [6.45, 7) is 4.66. The number of hydrogen-bond acceptors (Lipinski definition) is 7. The summed E-state index contributed by atoms with van der Waals surface area (Å²) in [6.07, 6.45) is 4.12. The third-order valence-corrected chi connectivity index (χ3v) is 5.26. The Morgan fingerprint density at radius 3 is 2.97 bits per heavy atom. The summed E-state index contributed by atoms with van der Waals surface area (Å²) in [4.78, 5) is 10.5. The molecule has 2 aliphatic rings. The van der Waals surface area contributed by atoms with Crippen molar-refractivity contribution >= 4 is 17.2 Å². The van der Waals surface area contributed by atoms with Gasteiger partial charge in [-0.1, -0.05) is 6.58 Å². The van der Waals surface area contributed by atoms with Crippen molar-refractivity contribution in [1.29, 1.82) is 0 Å². The van der Waals surface area contributed by atoms with E-state index in [9.17, 15) is 13.2 Å². The van der Waals surface area contributed by atoms with Gasteiger partial charge in [0.25, 0.3) is 5.92 Å². The van der Waals surface area contributed by atoms with Gasteiger partial charge in [0.1, 0.15) is 12.4 Å². The summed E-state index contributed by atoms with van der Waals surface area (Å²) in [5.74, 6) is -2.83. The van der Waals surface area contributed by atoms with Gasteiger partial charge in [0.05, 0.1) is 43.3 Å². The first kappa shape index (κ1) is 19.5. The third kappa shape index (κ3) is 3.49. The van der Waals surface area contributed by atoms with Crippen LogP contribution in [0.2, 0.25) is 0 Å². The molecule has 162 valence electrons. The maximum atomic E-state index is 14.4. The smallest absolute Gasteiger partial charge is 0.298 e. The highest BCUT2D eigenvalue weighted by Gasteiger charge is 2.33. The van der Waals surface area contributed by atoms with Gasteiger partial charge in [-0.25, -0.2) is 27.7 Å². The molecule has 2 aliphatic heterocycles. The Hall–Kier alpha value is -3.50. The van der Waals surface area contributed by atoms with Crippen molar-refractivity contribution < 1.29 is 22.6 Å². The van der Waals surface area contributed by atoms with Crippen molar-refractivity contribution in [3.63, 3.8) is 0 Å². The van der Waals surface area contributed by atoms with Crippen LogP contribution >= 0.6 is 0 Å². The fraction of sp³-hybridized carbons (Fsp3) is 0.350. The lowest BCUT2D eigenvalue weighted by Crippen LogP contribution is -2.42. The van der Waals surface area contributed by atoms with Crippen LogP contribution in [0, 0.1) is 5.82 Å². The van der Waals surface area contributed by atoms with Crippen LogP contribution in [-0.4, -0.2) is 51.3 Å². The van der Waals surface area contributed by atoms with Crippen LogP contribution in [0.25, 0.3) is 11.3 Å². The van der Waals surface area contributed by atoms with Gasteiger partial charge in [-0.15, -0.1) is 0 Å². The summed E-state index contributed by atoms with van der Waals surface area (Å²) >= 11 is 0. The minimum atomic E-state index is -3.22. The molecule has 2 bridgehead atoms. The zero-order valence-corrected chi connectivity index (χ0v) is 16.6. The predicted octanol–water partition coefficient (Wildman–Crippen LogP) is 2.64. The fourth-order valence-electron chi connectivity index (χ4n) is 3.60. The number of nitrogens with zero attached hydrogens (tertiary/aromatic N) is 5. The third-order valence-electron chi connectivity index (χ3n) is 5.26. The highest BCUT2D eigenvalue weighted by Crippen LogP contribution is 2.36. The van der Waals surface area contributed by atoms with Crippen molar-refractivity contribution in [3.8, 4) is 11.6 Å². The van der Waals surface area contributed by atoms with Crippen LogP contribution in [0.15, 0.2) is 31.2 Å². The maximum absolute atomic E-state index is 14.4. The lowest BCUT2D eigenvalue weighted by Gasteiger charge is -2.36. The number of nitrogens with one attached hydrogen (secondary N) is 1. The summed E-state index contributed by atoms with van der Waals surface area (Å²) in [5.41, 5.74) is 1.52. The molecule has 0 saturated carbocycles. The zero-order chi connectivity index (χ0) is 21.8. The molecule has 0 aromatic carbocycles. The molecule has 1 N–H and O–H groups in total. The Balaban J connectivity index is 1.68. The largest absolute Gasteiger partial charge is 0.486 e. The quantitative estimate of drug-likeness (QED) is 0.585. The van der Waals surface area contributed by atoms with Crippen molar-refractivity contribution in [3.05, 3.63) is 48.2 Å². The molecule has 0 fully saturated rings. The number of rotatable bonds is 0. The van der Waals surface area contributed by atoms with Crippen LogP contribution in [0.1, 0.15) is 18.1 Å². The summed E-state index contributed by atoms with van der Waals surface area (Å²) in [6, 6.07) is 1.11. The van der Waals surface area contributed by atoms with Crippen molar-refractivity contribution in [2.24, 2.45) is 0 Å². The van der Waals surface area contributed by atoms with Gasteiger partial charge in [0, 0.05) is 11.3 Å². The number of halogens is 3. The highest BCUT2D eigenvalue weighted by molar-refractivity contribution is 5.75. The van der Waals surface area contributed by atoms with Crippen LogP contribution in [0.5, 0.6) is 11.6 Å². The van der Waals surface area contributed by atoms with E-state index in [0.717, 1.165) is 6.20 Å². The maximum Gasteiger partial charge on any atom is 0.298 e. The predicted molar refractivity (Wildman–Crippen MR) is 106 cm³/mol. The van der Waals surface area contributed by atoms with Crippen LogP contribution in [0.4, 0.5) is 19.0 Å². The molecule has 0 saturated heterocycles. The summed E-state index contributed by atoms with van der Waals surface area (Å²) in [7, 11) is 0. The van der Waals surface area contributed by atoms with Gasteiger partial charge < -0.3 is 19.7 Å². The van der Waals surface area contributed by atoms with Gasteiger partial charge in [0.15, 0.2) is 23.8 Å². The van der Waals surface area contributed by atoms with E-state index in [1.165, 1.54) is 16.8 Å². The Morgan fingerprint density at radius 1 is 1.29 bits per heavy atom. The Labute approximate surface area is 175 Å². The first-order valence-electron chi connectivity index (χ1n) is 9.67. The molecule has 0 aliphatic carbocycles. The molecule has 0 unspecified atom stereocenters. The molecule has 31 heavy (non-hydrogen) atoms. The van der Waals surface area contributed by atoms with Gasteiger partial charge in [0.2, 0.25) is 5.88 Å². The number of fused-ring (bicyclic) bond motifs is 1. The van der Waals surface area contributed by atoms with Gasteiger partial charge in [-0.2, -0.15) is 5.10 Å². The Kier molecular flexibility index (Phi) is 4.42. The van der Waals surface area contributed by atoms with Gasteiger partial charge >= 0.3 is 0 Å². The number of pyridine rings is 1. The van der Waals surface area contributed by atoms with Crippen LogP contribution in [-0.2, 0) is 6.54 Å². The van der Waals surface area contributed by atoms with E-state index in [2.05, 4.69) is 22.0 Å². The molecular weight excluding hydrogens is 413 g/mol. The summed E-state index contributed by atoms with van der Waals surface area (Å²) < 4.78 is 55.5. The normalized spacial score (nSPS) is 20.5. The average Bonchev–Trinajstić information content (AvgIpc) is 3.15. The van der Waals surface area contributed by atoms with Crippen molar-refractivity contribution in [1.82, 2.24) is 24.9 Å². The van der Waals surface area contributed by atoms with E-state index < -0.39 is 24.9 Å². The number of hydrogen-bond donors (Lipinski definition) is 1. The average molecular weight is 432 g/mol. The van der Waals surface area contributed by atoms with Gasteiger partial charge in [-0.05, 0) is 13.0 Å². The molecule has 1 atom stereocenters. The molecule has 3 aromatic rings. The van der Waals surface area contributed by atoms with Gasteiger partial charge in [-0.3, -0.25) is 0 Å². The second kappa shape index (κ2) is 7.03. The summed E-state index contributed by atoms with van der Waals surface area (Å²) in [5, 5.41) is 6.88. The number of anilines is 1. The number of ether oxygens (including phenoxy) is 2. The van der Waals surface area contributed by atoms with Crippen molar-refractivity contribution in [2.45, 2.75) is 25.4 Å². The molecule has 0 spiro atoms. The number of aromatic nitrogens is 4. The topological polar surface area (TPSA) is 76.8 Å². The first-order chi connectivity index (χ1) is 14.8. The van der Waals surface area contributed by atoms with Crippen LogP contribution in [0.3, 0.4) is 0 Å². The van der Waals surface area contributed by atoms with E-state index in [-0.39, 0.29) is 24.2 Å². The molecule has 0 radical (unpaired) electrons. The molecule has 0 amide bonds. The Morgan fingerprint density at radius 2 is 2.13 bits per heavy atom. The van der Waals surface area contributed by atoms with E-state index in [4.69, 9.17) is 14.5 Å². The highest BCUT2D eigenvalue weighted by atomic mass is 19.3. The molecule has 11 heteroatoms. The second-order valence-electron chi connectivity index (χ2n) is 7.64. The molecule has 5 rings (SSSR count). The molecular formula is C20H19F3N6O2. The number of alkyl halides is 2. The minimum Gasteiger partial charge on any atom is -0.486 e. The van der Waals surface area contributed by atoms with E-state index in [1.54, 1.807) is 6.20 Å². The lowest BCUT2D eigenvalue weighted by molar-refractivity contribution is -0.0374. The second-order valence-corrected chi connectivity index (χ2v) is 7.64. The lowest BCUT2D eigenvalue weighted by atomic mass is 10.1. The molecule has 3 aromatic heterocycles.